The van der Waals surface area contributed by atoms with Crippen molar-refractivity contribution >= 4 is 43.6 Å². The summed E-state index contributed by atoms with van der Waals surface area (Å²) in [5.74, 6) is 0. The van der Waals surface area contributed by atoms with Crippen molar-refractivity contribution in [2.45, 2.75) is 5.41 Å². The molecule has 13 rings (SSSR count). The van der Waals surface area contributed by atoms with Crippen LogP contribution in [0.1, 0.15) is 22.3 Å². The van der Waals surface area contributed by atoms with Crippen LogP contribution < -0.4 is 0 Å². The number of benzene rings is 10. The third-order valence-corrected chi connectivity index (χ3v) is 13.6. The van der Waals surface area contributed by atoms with Gasteiger partial charge in [-0.2, -0.15) is 0 Å². The summed E-state index contributed by atoms with van der Waals surface area (Å²) in [5.41, 5.74) is 19.2. The zero-order chi connectivity index (χ0) is 41.5. The monoisotopic (exact) mass is 800 g/mol. The Morgan fingerprint density at radius 3 is 1.38 bits per heavy atom. The third-order valence-electron chi connectivity index (χ3n) is 13.6. The van der Waals surface area contributed by atoms with Gasteiger partial charge in [-0.05, 0) is 122 Å². The number of hydrogen-bond donors (Lipinski definition) is 0. The Morgan fingerprint density at radius 2 is 0.714 bits per heavy atom. The first kappa shape index (κ1) is 35.5. The molecule has 12 aromatic rings. The van der Waals surface area contributed by atoms with E-state index in [4.69, 9.17) is 0 Å². The molecule has 0 saturated heterocycles. The first-order valence-corrected chi connectivity index (χ1v) is 21.8. The van der Waals surface area contributed by atoms with Gasteiger partial charge >= 0.3 is 0 Å². The van der Waals surface area contributed by atoms with Crippen LogP contribution in [-0.4, -0.2) is 9.13 Å². The molecule has 2 aromatic heterocycles. The highest BCUT2D eigenvalue weighted by Gasteiger charge is 2.46. The Labute approximate surface area is 366 Å². The zero-order valence-electron chi connectivity index (χ0n) is 34.5. The van der Waals surface area contributed by atoms with E-state index in [0.29, 0.717) is 0 Å². The van der Waals surface area contributed by atoms with Crippen molar-refractivity contribution in [3.05, 3.63) is 265 Å². The molecule has 0 atom stereocenters. The fraction of sp³-hybridized carbons (Fsp3) is 0.0164. The predicted molar refractivity (Wildman–Crippen MR) is 263 cm³/mol. The molecule has 0 radical (unpaired) electrons. The Morgan fingerprint density at radius 1 is 0.254 bits per heavy atom. The molecule has 2 heteroatoms. The van der Waals surface area contributed by atoms with Gasteiger partial charge in [0.05, 0.1) is 27.5 Å². The van der Waals surface area contributed by atoms with Crippen LogP contribution in [0.25, 0.3) is 88.4 Å². The lowest BCUT2D eigenvalue weighted by molar-refractivity contribution is 0.769. The van der Waals surface area contributed by atoms with E-state index in [1.165, 1.54) is 99.2 Å². The Bertz CT molecular complexity index is 3650. The van der Waals surface area contributed by atoms with Gasteiger partial charge in [0.2, 0.25) is 0 Å². The molecule has 0 fully saturated rings. The molecule has 10 aromatic carbocycles. The second kappa shape index (κ2) is 13.9. The van der Waals surface area contributed by atoms with E-state index in [9.17, 15) is 0 Å². The number of aromatic nitrogens is 2. The summed E-state index contributed by atoms with van der Waals surface area (Å²) in [7, 11) is 0. The summed E-state index contributed by atoms with van der Waals surface area (Å²) in [6.45, 7) is 0. The van der Waals surface area contributed by atoms with E-state index >= 15 is 0 Å². The number of fused-ring (bicyclic) bond motifs is 9. The average molecular weight is 801 g/mol. The highest BCUT2D eigenvalue weighted by Crippen LogP contribution is 2.57. The van der Waals surface area contributed by atoms with Crippen molar-refractivity contribution in [3.8, 4) is 44.8 Å². The summed E-state index contributed by atoms with van der Waals surface area (Å²) in [5, 5.41) is 4.98. The number of rotatable bonds is 6. The van der Waals surface area contributed by atoms with E-state index in [2.05, 4.69) is 252 Å². The van der Waals surface area contributed by atoms with E-state index in [1.807, 2.05) is 0 Å². The minimum absolute atomic E-state index is 0.482. The van der Waals surface area contributed by atoms with Crippen molar-refractivity contribution in [2.75, 3.05) is 0 Å². The lowest BCUT2D eigenvalue weighted by Crippen LogP contribution is -2.28. The van der Waals surface area contributed by atoms with Gasteiger partial charge in [-0.15, -0.1) is 0 Å². The van der Waals surface area contributed by atoms with Crippen LogP contribution in [0.15, 0.2) is 243 Å². The lowest BCUT2D eigenvalue weighted by atomic mass is 9.67. The molecule has 2 nitrogen and oxygen atoms in total. The fourth-order valence-electron chi connectivity index (χ4n) is 10.9. The molecule has 63 heavy (non-hydrogen) atoms. The highest BCUT2D eigenvalue weighted by atomic mass is 15.0. The maximum Gasteiger partial charge on any atom is 0.0714 e. The molecular weight excluding hydrogens is 761 g/mol. The average Bonchev–Trinajstić information content (AvgIpc) is 3.97. The molecule has 0 unspecified atom stereocenters. The van der Waals surface area contributed by atoms with E-state index in [-0.39, 0.29) is 0 Å². The smallest absolute Gasteiger partial charge is 0.0714 e. The molecule has 0 bridgehead atoms. The van der Waals surface area contributed by atoms with Gasteiger partial charge in [0, 0.05) is 32.9 Å². The summed E-state index contributed by atoms with van der Waals surface area (Å²) in [4.78, 5) is 0. The zero-order valence-corrected chi connectivity index (χ0v) is 34.5. The third kappa shape index (κ3) is 5.25. The quantitative estimate of drug-likeness (QED) is 0.159. The maximum atomic E-state index is 2.50. The lowest BCUT2D eigenvalue weighted by Gasteiger charge is -2.34. The van der Waals surface area contributed by atoms with E-state index < -0.39 is 5.41 Å². The number of para-hydroxylation sites is 2. The Balaban J connectivity index is 1.03. The van der Waals surface area contributed by atoms with Crippen LogP contribution in [0.5, 0.6) is 0 Å². The second-order valence-electron chi connectivity index (χ2n) is 16.8. The standard InChI is InChI=1S/C61H40N2/c1-5-17-41(18-6-1)42-29-33-48(34-30-42)62-57-28-16-14-26-50(57)52-37-43(31-35-58(52)62)44-32-36-59-53(38-44)54-39-51-49-25-13-15-27-55(49)61(45-19-7-2-8-20-45,46-21-9-3-10-22-46)56(51)40-60(54)63(59)47-23-11-4-12-24-47/h1-40H. The number of hydrogen-bond acceptors (Lipinski definition) is 0. The molecule has 0 aliphatic heterocycles. The molecule has 0 spiro atoms. The van der Waals surface area contributed by atoms with Crippen molar-refractivity contribution in [2.24, 2.45) is 0 Å². The molecular formula is C61H40N2. The van der Waals surface area contributed by atoms with Gasteiger partial charge in [0.1, 0.15) is 0 Å². The minimum Gasteiger partial charge on any atom is -0.309 e. The van der Waals surface area contributed by atoms with Crippen molar-refractivity contribution in [1.29, 1.82) is 0 Å². The summed E-state index contributed by atoms with van der Waals surface area (Å²) in [6, 6.07) is 89.5. The molecule has 0 N–H and O–H groups in total. The van der Waals surface area contributed by atoms with Gasteiger partial charge in [-0.3, -0.25) is 0 Å². The molecule has 294 valence electrons. The van der Waals surface area contributed by atoms with Gasteiger partial charge in [0.25, 0.3) is 0 Å². The molecule has 1 aliphatic carbocycles. The van der Waals surface area contributed by atoms with Gasteiger partial charge < -0.3 is 9.13 Å². The van der Waals surface area contributed by atoms with Crippen molar-refractivity contribution in [3.63, 3.8) is 0 Å². The largest absolute Gasteiger partial charge is 0.309 e. The van der Waals surface area contributed by atoms with Crippen molar-refractivity contribution in [1.82, 2.24) is 9.13 Å². The second-order valence-corrected chi connectivity index (χ2v) is 16.8. The molecule has 2 heterocycles. The predicted octanol–water partition coefficient (Wildman–Crippen LogP) is 15.6. The summed E-state index contributed by atoms with van der Waals surface area (Å²) < 4.78 is 4.88. The van der Waals surface area contributed by atoms with Crippen LogP contribution >= 0.6 is 0 Å². The molecule has 1 aliphatic rings. The Hall–Kier alpha value is -8.20. The Kier molecular flexibility index (Phi) is 7.85. The SMILES string of the molecule is c1ccc(-c2ccc(-n3c4ccccc4c4cc(-c5ccc6c(c5)c5cc7c(cc5n6-c5ccccc5)C(c5ccccc5)(c5ccccc5)c5ccccc5-7)ccc43)cc2)cc1. The topological polar surface area (TPSA) is 9.86 Å². The van der Waals surface area contributed by atoms with Crippen LogP contribution in [-0.2, 0) is 5.41 Å². The highest BCUT2D eigenvalue weighted by molar-refractivity contribution is 6.14. The first-order valence-electron chi connectivity index (χ1n) is 21.8. The fourth-order valence-corrected chi connectivity index (χ4v) is 10.9. The maximum absolute atomic E-state index is 2.50. The molecule has 0 saturated carbocycles. The van der Waals surface area contributed by atoms with E-state index in [1.54, 1.807) is 0 Å². The van der Waals surface area contributed by atoms with Crippen molar-refractivity contribution < 1.29 is 0 Å². The van der Waals surface area contributed by atoms with Crippen LogP contribution in [0.2, 0.25) is 0 Å². The van der Waals surface area contributed by atoms with Gasteiger partial charge in [-0.25, -0.2) is 0 Å². The molecule has 0 amide bonds. The van der Waals surface area contributed by atoms with E-state index in [0.717, 1.165) is 11.4 Å². The minimum atomic E-state index is -0.482. The van der Waals surface area contributed by atoms with Crippen LogP contribution in [0.4, 0.5) is 0 Å². The normalized spacial score (nSPS) is 12.9. The summed E-state index contributed by atoms with van der Waals surface area (Å²) >= 11 is 0. The number of nitrogens with zero attached hydrogens (tertiary/aromatic N) is 2. The van der Waals surface area contributed by atoms with Crippen LogP contribution in [0.3, 0.4) is 0 Å². The van der Waals surface area contributed by atoms with Gasteiger partial charge in [-0.1, -0.05) is 176 Å². The van der Waals surface area contributed by atoms with Crippen LogP contribution in [0, 0.1) is 0 Å². The van der Waals surface area contributed by atoms with Gasteiger partial charge in [0.15, 0.2) is 0 Å². The summed E-state index contributed by atoms with van der Waals surface area (Å²) in [6.07, 6.45) is 0. The first-order chi connectivity index (χ1) is 31.3.